The SMILES string of the molecule is C=C(Cl)/C=C(/Cn1ccc2c(NS(=O)(=O)CC)cc(-c3cn(C)c4c(=O)[nH]ccc34)cc21)C(=C)OC. The van der Waals surface area contributed by atoms with Crippen LogP contribution in [0.4, 0.5) is 5.69 Å². The molecule has 0 aliphatic rings. The molecule has 0 radical (unpaired) electrons. The molecule has 10 heteroatoms. The van der Waals surface area contributed by atoms with E-state index < -0.39 is 10.0 Å². The van der Waals surface area contributed by atoms with Gasteiger partial charge in [0.1, 0.15) is 11.3 Å². The maximum absolute atomic E-state index is 12.5. The first-order valence-electron chi connectivity index (χ1n) is 11.1. The summed E-state index contributed by atoms with van der Waals surface area (Å²) in [5.74, 6) is 0.372. The highest BCUT2D eigenvalue weighted by atomic mass is 35.5. The van der Waals surface area contributed by atoms with Crippen molar-refractivity contribution in [3.63, 3.8) is 0 Å². The van der Waals surface area contributed by atoms with Crippen LogP contribution < -0.4 is 10.3 Å². The van der Waals surface area contributed by atoms with Crippen molar-refractivity contribution < 1.29 is 13.2 Å². The molecule has 1 aromatic carbocycles. The number of halogens is 1. The van der Waals surface area contributed by atoms with E-state index in [2.05, 4.69) is 22.9 Å². The Bertz CT molecular complexity index is 1710. The molecule has 0 saturated carbocycles. The van der Waals surface area contributed by atoms with Gasteiger partial charge in [-0.2, -0.15) is 0 Å². The quantitative estimate of drug-likeness (QED) is 0.234. The average Bonchev–Trinajstić information content (AvgIpc) is 3.39. The van der Waals surface area contributed by atoms with Gasteiger partial charge in [-0.25, -0.2) is 8.42 Å². The summed E-state index contributed by atoms with van der Waals surface area (Å²) in [6.45, 7) is 9.62. The van der Waals surface area contributed by atoms with Gasteiger partial charge in [0.15, 0.2) is 0 Å². The second kappa shape index (κ2) is 9.75. The number of H-pyrrole nitrogens is 1. The highest BCUT2D eigenvalue weighted by molar-refractivity contribution is 7.92. The molecular formula is C26H27ClN4O4S. The van der Waals surface area contributed by atoms with E-state index in [9.17, 15) is 13.2 Å². The van der Waals surface area contributed by atoms with Crippen molar-refractivity contribution in [1.82, 2.24) is 14.1 Å². The first kappa shape index (κ1) is 25.4. The number of nitrogens with zero attached hydrogens (tertiary/aromatic N) is 2. The Hall–Kier alpha value is -3.69. The van der Waals surface area contributed by atoms with Crippen LogP contribution in [0.2, 0.25) is 0 Å². The molecule has 3 heterocycles. The van der Waals surface area contributed by atoms with Crippen molar-refractivity contribution >= 4 is 49.1 Å². The second-order valence-electron chi connectivity index (χ2n) is 8.37. The molecule has 4 aromatic rings. The molecule has 4 rings (SSSR count). The first-order valence-corrected chi connectivity index (χ1v) is 13.2. The molecule has 3 aromatic heterocycles. The number of ether oxygens (including phenoxy) is 1. The van der Waals surface area contributed by atoms with Gasteiger partial charge < -0.3 is 18.9 Å². The van der Waals surface area contributed by atoms with Crippen LogP contribution in [0.3, 0.4) is 0 Å². The van der Waals surface area contributed by atoms with E-state index in [-0.39, 0.29) is 11.3 Å². The minimum absolute atomic E-state index is 0.0680. The third-order valence-corrected chi connectivity index (χ3v) is 7.42. The number of hydrogen-bond donors (Lipinski definition) is 2. The Balaban J connectivity index is 1.97. The summed E-state index contributed by atoms with van der Waals surface area (Å²) < 4.78 is 36.8. The Morgan fingerprint density at radius 3 is 2.67 bits per heavy atom. The van der Waals surface area contributed by atoms with Crippen LogP contribution in [0, 0.1) is 0 Å². The number of rotatable bonds is 9. The molecule has 8 nitrogen and oxygen atoms in total. The monoisotopic (exact) mass is 526 g/mol. The number of hydrogen-bond acceptors (Lipinski definition) is 4. The highest BCUT2D eigenvalue weighted by Gasteiger charge is 2.18. The summed E-state index contributed by atoms with van der Waals surface area (Å²) in [5, 5.41) is 1.81. The molecule has 0 saturated heterocycles. The Labute approximate surface area is 214 Å². The normalized spacial score (nSPS) is 12.3. The molecule has 188 valence electrons. The van der Waals surface area contributed by atoms with Crippen LogP contribution in [0.25, 0.3) is 32.9 Å². The van der Waals surface area contributed by atoms with E-state index in [0.29, 0.717) is 34.1 Å². The van der Waals surface area contributed by atoms with Gasteiger partial charge in [-0.1, -0.05) is 24.8 Å². The van der Waals surface area contributed by atoms with E-state index in [1.165, 1.54) is 7.11 Å². The van der Waals surface area contributed by atoms with Crippen molar-refractivity contribution in [1.29, 1.82) is 0 Å². The van der Waals surface area contributed by atoms with E-state index in [0.717, 1.165) is 27.4 Å². The lowest BCUT2D eigenvalue weighted by atomic mass is 10.0. The lowest BCUT2D eigenvalue weighted by molar-refractivity contribution is 0.299. The van der Waals surface area contributed by atoms with Crippen LogP contribution >= 0.6 is 11.6 Å². The van der Waals surface area contributed by atoms with Crippen LogP contribution in [0.5, 0.6) is 0 Å². The fraction of sp³-hybridized carbons (Fsp3) is 0.192. The van der Waals surface area contributed by atoms with E-state index >= 15 is 0 Å². The summed E-state index contributed by atoms with van der Waals surface area (Å²) >= 11 is 6.04. The van der Waals surface area contributed by atoms with Gasteiger partial charge >= 0.3 is 0 Å². The van der Waals surface area contributed by atoms with Gasteiger partial charge in [-0.05, 0) is 42.8 Å². The fourth-order valence-electron chi connectivity index (χ4n) is 4.23. The number of pyridine rings is 1. The zero-order chi connectivity index (χ0) is 26.2. The van der Waals surface area contributed by atoms with Crippen molar-refractivity contribution in [2.75, 3.05) is 17.6 Å². The zero-order valence-corrected chi connectivity index (χ0v) is 21.8. The molecule has 0 fully saturated rings. The lowest BCUT2D eigenvalue weighted by Gasteiger charge is -2.14. The molecular weight excluding hydrogens is 500 g/mol. The number of methoxy groups -OCH3 is 1. The van der Waals surface area contributed by atoms with Crippen molar-refractivity contribution in [2.45, 2.75) is 13.5 Å². The van der Waals surface area contributed by atoms with Crippen molar-refractivity contribution in [2.24, 2.45) is 7.05 Å². The second-order valence-corrected chi connectivity index (χ2v) is 10.9. The standard InChI is InChI=1S/C26H27ClN4O4S/c1-6-36(33,34)29-23-12-18(22-15-30(4)25-20(22)7-9-28-26(25)32)13-24-21(23)8-10-31(24)14-19(11-16(2)27)17(3)35-5/h7-13,15,29H,2-3,6,14H2,1,4-5H3,(H,28,32)/b19-11-. The average molecular weight is 527 g/mol. The molecule has 0 aliphatic heterocycles. The fourth-order valence-corrected chi connectivity index (χ4v) is 5.01. The molecule has 0 aliphatic carbocycles. The predicted molar refractivity (Wildman–Crippen MR) is 147 cm³/mol. The van der Waals surface area contributed by atoms with Crippen LogP contribution in [-0.4, -0.2) is 35.4 Å². The summed E-state index contributed by atoms with van der Waals surface area (Å²) in [6, 6.07) is 7.45. The van der Waals surface area contributed by atoms with Gasteiger partial charge in [-0.3, -0.25) is 9.52 Å². The van der Waals surface area contributed by atoms with Crippen molar-refractivity contribution in [3.05, 3.63) is 88.8 Å². The molecule has 0 bridgehead atoms. The third kappa shape index (κ3) is 4.84. The summed E-state index contributed by atoms with van der Waals surface area (Å²) in [5.41, 5.74) is 3.82. The third-order valence-electron chi connectivity index (χ3n) is 6.02. The molecule has 2 N–H and O–H groups in total. The maximum atomic E-state index is 12.5. The number of anilines is 1. The topological polar surface area (TPSA) is 98.1 Å². The van der Waals surface area contributed by atoms with Crippen LogP contribution in [-0.2, 0) is 28.4 Å². The predicted octanol–water partition coefficient (Wildman–Crippen LogP) is 5.09. The molecule has 0 amide bonds. The van der Waals surface area contributed by atoms with Crippen LogP contribution in [0.15, 0.2) is 83.2 Å². The molecule has 0 atom stereocenters. The van der Waals surface area contributed by atoms with Gasteiger partial charge in [0, 0.05) is 52.6 Å². The van der Waals surface area contributed by atoms with E-state index in [1.807, 2.05) is 35.2 Å². The summed E-state index contributed by atoms with van der Waals surface area (Å²) in [7, 11) is -0.220. The van der Waals surface area contributed by atoms with E-state index in [1.54, 1.807) is 36.9 Å². The van der Waals surface area contributed by atoms with Gasteiger partial charge in [0.05, 0.1) is 30.6 Å². The van der Waals surface area contributed by atoms with Crippen LogP contribution in [0.1, 0.15) is 6.92 Å². The number of benzene rings is 1. The highest BCUT2D eigenvalue weighted by Crippen LogP contribution is 2.36. The van der Waals surface area contributed by atoms with Gasteiger partial charge in [-0.15, -0.1) is 0 Å². The van der Waals surface area contributed by atoms with E-state index in [4.69, 9.17) is 16.3 Å². The number of aryl methyl sites for hydroxylation is 1. The maximum Gasteiger partial charge on any atom is 0.272 e. The Morgan fingerprint density at radius 2 is 2.00 bits per heavy atom. The Kier molecular flexibility index (Phi) is 6.88. The summed E-state index contributed by atoms with van der Waals surface area (Å²) in [4.78, 5) is 15.1. The number of fused-ring (bicyclic) bond motifs is 2. The van der Waals surface area contributed by atoms with Gasteiger partial charge in [0.2, 0.25) is 10.0 Å². The smallest absolute Gasteiger partial charge is 0.272 e. The number of sulfonamides is 1. The number of nitrogens with one attached hydrogen (secondary N) is 2. The largest absolute Gasteiger partial charge is 0.497 e. The zero-order valence-electron chi connectivity index (χ0n) is 20.3. The Morgan fingerprint density at radius 1 is 1.25 bits per heavy atom. The number of aromatic nitrogens is 3. The molecule has 0 spiro atoms. The number of aromatic amines is 1. The molecule has 36 heavy (non-hydrogen) atoms. The van der Waals surface area contributed by atoms with Crippen molar-refractivity contribution in [3.8, 4) is 11.1 Å². The molecule has 0 unspecified atom stereocenters. The minimum Gasteiger partial charge on any atom is -0.497 e. The van der Waals surface area contributed by atoms with Gasteiger partial charge in [0.25, 0.3) is 5.56 Å². The lowest BCUT2D eigenvalue weighted by Crippen LogP contribution is -2.14. The summed E-state index contributed by atoms with van der Waals surface area (Å²) in [6.07, 6.45) is 7.01. The number of allylic oxidation sites excluding steroid dienone is 3. The first-order chi connectivity index (χ1) is 17.0. The minimum atomic E-state index is -3.55.